The van der Waals surface area contributed by atoms with E-state index in [1.54, 1.807) is 19.1 Å². The number of thiophene rings is 1. The zero-order valence-electron chi connectivity index (χ0n) is 16.0. The molecule has 1 aromatic carbocycles. The van der Waals surface area contributed by atoms with E-state index in [-0.39, 0.29) is 16.9 Å². The summed E-state index contributed by atoms with van der Waals surface area (Å²) in [5, 5.41) is 22.2. The van der Waals surface area contributed by atoms with E-state index in [2.05, 4.69) is 21.5 Å². The SMILES string of the molecule is C=CCn1c(SC(C)/C(O)=C(\C#N)c2nc3ccccc3[nH]2)nc2ccsc2c1=O. The maximum Gasteiger partial charge on any atom is 0.272 e. The number of aliphatic hydroxyl groups is 1. The van der Waals surface area contributed by atoms with Gasteiger partial charge in [-0.15, -0.1) is 17.9 Å². The fourth-order valence-corrected chi connectivity index (χ4v) is 4.78. The van der Waals surface area contributed by atoms with E-state index in [0.29, 0.717) is 33.3 Å². The Kier molecular flexibility index (Phi) is 5.44. The highest BCUT2D eigenvalue weighted by Crippen LogP contribution is 2.30. The maximum atomic E-state index is 12.8. The Morgan fingerprint density at radius 2 is 2.20 bits per heavy atom. The summed E-state index contributed by atoms with van der Waals surface area (Å²) < 4.78 is 2.10. The number of nitrogens with zero attached hydrogens (tertiary/aromatic N) is 4. The molecule has 4 aromatic rings. The van der Waals surface area contributed by atoms with Crippen LogP contribution in [0.25, 0.3) is 26.8 Å². The Labute approximate surface area is 180 Å². The highest BCUT2D eigenvalue weighted by molar-refractivity contribution is 7.99. The molecular weight excluding hydrogens is 418 g/mol. The number of benzene rings is 1. The van der Waals surface area contributed by atoms with Gasteiger partial charge in [-0.1, -0.05) is 30.0 Å². The first kappa shape index (κ1) is 19.9. The number of hydrogen-bond donors (Lipinski definition) is 2. The number of nitrogens with one attached hydrogen (secondary N) is 1. The van der Waals surface area contributed by atoms with Gasteiger partial charge in [-0.05, 0) is 30.5 Å². The number of H-pyrrole nitrogens is 1. The number of thioether (sulfide) groups is 1. The van der Waals surface area contributed by atoms with Gasteiger partial charge in [0.15, 0.2) is 11.0 Å². The van der Waals surface area contributed by atoms with Crippen molar-refractivity contribution in [1.82, 2.24) is 19.5 Å². The third-order valence-corrected chi connectivity index (χ3v) is 6.49. The molecule has 1 unspecified atom stereocenters. The molecule has 0 saturated heterocycles. The van der Waals surface area contributed by atoms with Gasteiger partial charge in [-0.2, -0.15) is 5.26 Å². The second-order valence-corrected chi connectivity index (χ2v) is 8.69. The molecule has 0 radical (unpaired) electrons. The summed E-state index contributed by atoms with van der Waals surface area (Å²) in [6.07, 6.45) is 1.63. The van der Waals surface area contributed by atoms with E-state index in [0.717, 1.165) is 5.52 Å². The van der Waals surface area contributed by atoms with Gasteiger partial charge in [0.1, 0.15) is 22.1 Å². The number of aliphatic hydroxyl groups excluding tert-OH is 1. The minimum Gasteiger partial charge on any atom is -0.510 e. The van der Waals surface area contributed by atoms with E-state index < -0.39 is 5.25 Å². The molecule has 0 spiro atoms. The van der Waals surface area contributed by atoms with E-state index in [1.165, 1.54) is 27.7 Å². The van der Waals surface area contributed by atoms with Crippen molar-refractivity contribution in [2.75, 3.05) is 0 Å². The monoisotopic (exact) mass is 435 g/mol. The Morgan fingerprint density at radius 1 is 1.40 bits per heavy atom. The topological polar surface area (TPSA) is 108 Å². The molecule has 0 aliphatic rings. The van der Waals surface area contributed by atoms with Crippen molar-refractivity contribution in [2.24, 2.45) is 0 Å². The number of aromatic amines is 1. The minimum absolute atomic E-state index is 0.0560. The lowest BCUT2D eigenvalue weighted by atomic mass is 10.2. The molecule has 2 N–H and O–H groups in total. The van der Waals surface area contributed by atoms with Crippen LogP contribution in [0.3, 0.4) is 0 Å². The Bertz CT molecular complexity index is 1360. The third-order valence-electron chi connectivity index (χ3n) is 4.50. The molecule has 0 bridgehead atoms. The molecule has 0 aliphatic heterocycles. The summed E-state index contributed by atoms with van der Waals surface area (Å²) in [6.45, 7) is 5.77. The highest BCUT2D eigenvalue weighted by Gasteiger charge is 2.22. The number of allylic oxidation sites excluding steroid dienone is 2. The van der Waals surface area contributed by atoms with E-state index in [9.17, 15) is 15.2 Å². The number of nitriles is 1. The summed E-state index contributed by atoms with van der Waals surface area (Å²) in [7, 11) is 0. The van der Waals surface area contributed by atoms with E-state index >= 15 is 0 Å². The molecule has 3 aromatic heterocycles. The zero-order chi connectivity index (χ0) is 21.3. The van der Waals surface area contributed by atoms with Crippen LogP contribution in [0.15, 0.2) is 64.1 Å². The van der Waals surface area contributed by atoms with Gasteiger partial charge in [0.2, 0.25) is 0 Å². The van der Waals surface area contributed by atoms with Crippen molar-refractivity contribution in [3.05, 3.63) is 70.3 Å². The van der Waals surface area contributed by atoms with Gasteiger partial charge in [0.05, 0.1) is 21.8 Å². The van der Waals surface area contributed by atoms with Crippen molar-refractivity contribution in [3.63, 3.8) is 0 Å². The molecule has 7 nitrogen and oxygen atoms in total. The highest BCUT2D eigenvalue weighted by atomic mass is 32.2. The molecule has 30 heavy (non-hydrogen) atoms. The number of imidazole rings is 1. The van der Waals surface area contributed by atoms with Crippen LogP contribution in [-0.4, -0.2) is 29.9 Å². The summed E-state index contributed by atoms with van der Waals surface area (Å²) in [6, 6.07) is 11.2. The summed E-state index contributed by atoms with van der Waals surface area (Å²) in [5.41, 5.74) is 2.00. The molecule has 0 aliphatic carbocycles. The van der Waals surface area contributed by atoms with Crippen molar-refractivity contribution >= 4 is 49.9 Å². The molecule has 0 fully saturated rings. The van der Waals surface area contributed by atoms with Gasteiger partial charge in [0.25, 0.3) is 5.56 Å². The summed E-state index contributed by atoms with van der Waals surface area (Å²) in [4.78, 5) is 24.8. The number of hydrogen-bond acceptors (Lipinski definition) is 7. The van der Waals surface area contributed by atoms with Crippen LogP contribution in [0.5, 0.6) is 0 Å². The maximum absolute atomic E-state index is 12.8. The predicted octanol–water partition coefficient (Wildman–Crippen LogP) is 4.49. The first-order chi connectivity index (χ1) is 14.5. The Hall–Kier alpha value is -3.35. The van der Waals surface area contributed by atoms with Crippen molar-refractivity contribution < 1.29 is 5.11 Å². The van der Waals surface area contributed by atoms with Crippen molar-refractivity contribution in [2.45, 2.75) is 23.9 Å². The number of fused-ring (bicyclic) bond motifs is 2. The molecule has 150 valence electrons. The summed E-state index contributed by atoms with van der Waals surface area (Å²) >= 11 is 2.55. The van der Waals surface area contributed by atoms with Gasteiger partial charge < -0.3 is 10.1 Å². The second kappa shape index (κ2) is 8.18. The average Bonchev–Trinajstić information content (AvgIpc) is 3.38. The number of rotatable bonds is 6. The lowest BCUT2D eigenvalue weighted by Crippen LogP contribution is -2.22. The lowest BCUT2D eigenvalue weighted by molar-refractivity contribution is 0.401. The molecule has 4 rings (SSSR count). The van der Waals surface area contributed by atoms with Gasteiger partial charge in [0, 0.05) is 6.54 Å². The molecule has 1 atom stereocenters. The van der Waals surface area contributed by atoms with Crippen LogP contribution in [0, 0.1) is 11.3 Å². The molecule has 0 saturated carbocycles. The molecule has 0 amide bonds. The minimum atomic E-state index is -0.535. The van der Waals surface area contributed by atoms with E-state index in [4.69, 9.17) is 0 Å². The van der Waals surface area contributed by atoms with Crippen molar-refractivity contribution in [1.29, 1.82) is 5.26 Å². The second-order valence-electron chi connectivity index (χ2n) is 6.47. The van der Waals surface area contributed by atoms with Crippen LogP contribution in [-0.2, 0) is 6.54 Å². The van der Waals surface area contributed by atoms with Gasteiger partial charge in [-0.3, -0.25) is 9.36 Å². The standard InChI is InChI=1S/C21H17N5O2S2/c1-3-9-26-20(28)18-16(8-10-29-18)25-21(26)30-12(2)17(27)13(11-22)19-23-14-6-4-5-7-15(14)24-19/h3-8,10,12,27H,1,9H2,2H3,(H,23,24)/b17-13-. The van der Waals surface area contributed by atoms with Crippen LogP contribution < -0.4 is 5.56 Å². The fraction of sp³-hybridized carbons (Fsp3) is 0.143. The first-order valence-electron chi connectivity index (χ1n) is 9.07. The van der Waals surface area contributed by atoms with Crippen LogP contribution >= 0.6 is 23.1 Å². The Balaban J connectivity index is 1.74. The zero-order valence-corrected chi connectivity index (χ0v) is 17.6. The first-order valence-corrected chi connectivity index (χ1v) is 10.8. The third kappa shape index (κ3) is 3.51. The summed E-state index contributed by atoms with van der Waals surface area (Å²) in [5.74, 6) is 0.166. The largest absolute Gasteiger partial charge is 0.510 e. The average molecular weight is 436 g/mol. The van der Waals surface area contributed by atoms with Crippen LogP contribution in [0.1, 0.15) is 12.7 Å². The van der Waals surface area contributed by atoms with Crippen LogP contribution in [0.4, 0.5) is 0 Å². The molecular formula is C21H17N5O2S2. The molecule has 9 heteroatoms. The lowest BCUT2D eigenvalue weighted by Gasteiger charge is -2.15. The normalized spacial score (nSPS) is 13.2. The quantitative estimate of drug-likeness (QED) is 0.152. The smallest absolute Gasteiger partial charge is 0.272 e. The number of aromatic nitrogens is 4. The van der Waals surface area contributed by atoms with Crippen LogP contribution in [0.2, 0.25) is 0 Å². The van der Waals surface area contributed by atoms with Gasteiger partial charge in [-0.25, -0.2) is 9.97 Å². The van der Waals surface area contributed by atoms with Gasteiger partial charge >= 0.3 is 0 Å². The Morgan fingerprint density at radius 3 is 2.93 bits per heavy atom. The number of para-hydroxylation sites is 2. The van der Waals surface area contributed by atoms with E-state index in [1.807, 2.05) is 35.7 Å². The molecule has 3 heterocycles. The van der Waals surface area contributed by atoms with Crippen molar-refractivity contribution in [3.8, 4) is 6.07 Å². The predicted molar refractivity (Wildman–Crippen MR) is 121 cm³/mol. The fourth-order valence-electron chi connectivity index (χ4n) is 3.02.